The number of anilines is 2. The van der Waals surface area contributed by atoms with Crippen molar-refractivity contribution in [3.63, 3.8) is 0 Å². The van der Waals surface area contributed by atoms with Crippen LogP contribution in [0.4, 0.5) is 29.5 Å². The molecule has 2 aromatic heterocycles. The van der Waals surface area contributed by atoms with Gasteiger partial charge < -0.3 is 16.0 Å². The lowest BCUT2D eigenvalue weighted by Crippen LogP contribution is -2.35. The number of carbonyl (C=O) groups is 1. The third-order valence-corrected chi connectivity index (χ3v) is 6.03. The van der Waals surface area contributed by atoms with Crippen molar-refractivity contribution in [3.05, 3.63) is 60.7 Å². The van der Waals surface area contributed by atoms with Crippen LogP contribution < -0.4 is 11.1 Å². The number of amides is 2. The molecule has 0 bridgehead atoms. The largest absolute Gasteiger partial charge is 0.522 e. The predicted octanol–water partition coefficient (Wildman–Crippen LogP) is 4.52. The highest BCUT2D eigenvalue weighted by atomic mass is 19.4. The van der Waals surface area contributed by atoms with Crippen LogP contribution in [-0.4, -0.2) is 56.2 Å². The molecular weight excluding hydrogens is 475 g/mol. The van der Waals surface area contributed by atoms with Crippen molar-refractivity contribution in [1.29, 1.82) is 0 Å². The Hall–Kier alpha value is -4.19. The summed E-state index contributed by atoms with van der Waals surface area (Å²) in [7, 11) is 0. The third-order valence-electron chi connectivity index (χ3n) is 6.03. The van der Waals surface area contributed by atoms with Crippen LogP contribution in [-0.2, 0) is 4.74 Å². The number of carbonyl (C=O) groups excluding carboxylic acids is 1. The van der Waals surface area contributed by atoms with Gasteiger partial charge in [-0.25, -0.2) is 19.4 Å². The Balaban J connectivity index is 1.35. The summed E-state index contributed by atoms with van der Waals surface area (Å²) in [5.74, 6) is 0.392. The predicted molar refractivity (Wildman–Crippen MR) is 127 cm³/mol. The molecule has 2 aromatic carbocycles. The number of benzene rings is 2. The van der Waals surface area contributed by atoms with Gasteiger partial charge in [-0.3, -0.25) is 4.74 Å². The number of hydrogen-bond donors (Lipinski definition) is 2. The number of halogens is 3. The first-order chi connectivity index (χ1) is 17.2. The molecule has 0 radical (unpaired) electrons. The van der Waals surface area contributed by atoms with Gasteiger partial charge in [0, 0.05) is 41.5 Å². The van der Waals surface area contributed by atoms with E-state index in [9.17, 15) is 18.0 Å². The number of nitrogens with two attached hydrogens (primary N) is 1. The molecule has 0 spiro atoms. The molecule has 2 amide bonds. The van der Waals surface area contributed by atoms with E-state index in [1.54, 1.807) is 23.0 Å². The molecule has 1 aliphatic heterocycles. The van der Waals surface area contributed by atoms with Crippen molar-refractivity contribution in [2.45, 2.75) is 25.8 Å². The second kappa shape index (κ2) is 9.11. The van der Waals surface area contributed by atoms with E-state index in [2.05, 4.69) is 25.1 Å². The van der Waals surface area contributed by atoms with Crippen LogP contribution in [0.1, 0.15) is 12.0 Å². The molecule has 36 heavy (non-hydrogen) atoms. The lowest BCUT2D eigenvalue weighted by atomic mass is 10.1. The molecular formula is C24H22F3N7O2. The number of aromatic nitrogens is 4. The Kier molecular flexibility index (Phi) is 5.96. The number of nitrogens with one attached hydrogen (secondary N) is 1. The molecule has 9 nitrogen and oxygen atoms in total. The van der Waals surface area contributed by atoms with Gasteiger partial charge in [0.15, 0.2) is 0 Å². The summed E-state index contributed by atoms with van der Waals surface area (Å²) in [5.41, 5.74) is 10.5. The first-order valence-electron chi connectivity index (χ1n) is 11.1. The molecule has 1 atom stereocenters. The highest BCUT2D eigenvalue weighted by Gasteiger charge is 2.37. The van der Waals surface area contributed by atoms with Gasteiger partial charge in [0.1, 0.15) is 12.1 Å². The van der Waals surface area contributed by atoms with Crippen molar-refractivity contribution < 1.29 is 22.7 Å². The molecule has 0 aliphatic carbocycles. The second-order valence-corrected chi connectivity index (χ2v) is 8.49. The number of para-hydroxylation sites is 1. The van der Waals surface area contributed by atoms with Gasteiger partial charge in [-0.05, 0) is 37.1 Å². The van der Waals surface area contributed by atoms with Crippen LogP contribution in [0.5, 0.6) is 0 Å². The summed E-state index contributed by atoms with van der Waals surface area (Å²) < 4.78 is 43.1. The number of likely N-dealkylation sites (tertiary alicyclic amines) is 1. The van der Waals surface area contributed by atoms with Gasteiger partial charge in [0.05, 0.1) is 23.5 Å². The lowest BCUT2D eigenvalue weighted by molar-refractivity contribution is -0.340. The highest BCUT2D eigenvalue weighted by molar-refractivity contribution is 5.98. The zero-order valence-corrected chi connectivity index (χ0v) is 19.2. The summed E-state index contributed by atoms with van der Waals surface area (Å²) in [6.07, 6.45) is -0.700. The van der Waals surface area contributed by atoms with E-state index in [0.29, 0.717) is 17.0 Å². The Morgan fingerprint density at radius 1 is 1.22 bits per heavy atom. The fourth-order valence-electron chi connectivity index (χ4n) is 4.27. The van der Waals surface area contributed by atoms with E-state index < -0.39 is 18.5 Å². The van der Waals surface area contributed by atoms with Gasteiger partial charge in [-0.15, -0.1) is 13.2 Å². The van der Waals surface area contributed by atoms with Crippen LogP contribution in [0.2, 0.25) is 0 Å². The second-order valence-electron chi connectivity index (χ2n) is 8.49. The maximum Gasteiger partial charge on any atom is 0.522 e. The van der Waals surface area contributed by atoms with E-state index in [4.69, 9.17) is 5.73 Å². The molecule has 3 heterocycles. The number of urea groups is 1. The standard InChI is InChI=1S/C24H22F3N7O2/c1-14-5-6-16(32-23(35)33-8-7-17(12-33)36-24(25,26)27)9-20(14)34-11-15(10-31-34)18-3-2-4-19-21(18)29-13-30-22(19)28/h2-6,9-11,13,17H,7-8,12H2,1H3,(H,32,35)(H2,28,29,30). The van der Waals surface area contributed by atoms with Gasteiger partial charge in [-0.2, -0.15) is 5.10 Å². The minimum Gasteiger partial charge on any atom is -0.383 e. The molecule has 5 rings (SSSR count). The number of fused-ring (bicyclic) bond motifs is 1. The lowest BCUT2D eigenvalue weighted by Gasteiger charge is -2.18. The quantitative estimate of drug-likeness (QED) is 0.429. The van der Waals surface area contributed by atoms with E-state index in [0.717, 1.165) is 27.8 Å². The van der Waals surface area contributed by atoms with E-state index in [1.807, 2.05) is 37.4 Å². The molecule has 0 saturated carbocycles. The number of nitrogens with zero attached hydrogens (tertiary/aromatic N) is 5. The Morgan fingerprint density at radius 3 is 2.86 bits per heavy atom. The SMILES string of the molecule is Cc1ccc(NC(=O)N2CCC(OC(F)(F)F)C2)cc1-n1cc(-c2cccc3c(N)ncnc23)cn1. The highest BCUT2D eigenvalue weighted by Crippen LogP contribution is 2.30. The summed E-state index contributed by atoms with van der Waals surface area (Å²) >= 11 is 0. The fourth-order valence-corrected chi connectivity index (χ4v) is 4.27. The number of ether oxygens (including phenoxy) is 1. The molecule has 186 valence electrons. The average molecular weight is 497 g/mol. The van der Waals surface area contributed by atoms with Gasteiger partial charge >= 0.3 is 12.4 Å². The van der Waals surface area contributed by atoms with Crippen LogP contribution in [0.25, 0.3) is 27.7 Å². The molecule has 1 unspecified atom stereocenters. The number of rotatable bonds is 4. The first-order valence-corrected chi connectivity index (χ1v) is 11.1. The van der Waals surface area contributed by atoms with Crippen LogP contribution in [0, 0.1) is 6.92 Å². The van der Waals surface area contributed by atoms with E-state index in [-0.39, 0.29) is 19.5 Å². The van der Waals surface area contributed by atoms with Crippen LogP contribution in [0.15, 0.2) is 55.1 Å². The van der Waals surface area contributed by atoms with Gasteiger partial charge in [0.2, 0.25) is 0 Å². The van der Waals surface area contributed by atoms with Crippen molar-refractivity contribution >= 4 is 28.4 Å². The Bertz CT molecular complexity index is 1440. The monoisotopic (exact) mass is 497 g/mol. The van der Waals surface area contributed by atoms with Crippen LogP contribution in [0.3, 0.4) is 0 Å². The zero-order chi connectivity index (χ0) is 25.4. The van der Waals surface area contributed by atoms with Crippen molar-refractivity contribution in [2.75, 3.05) is 24.1 Å². The Labute approximate surface area is 203 Å². The molecule has 1 saturated heterocycles. The maximum absolute atomic E-state index is 12.6. The first kappa shape index (κ1) is 23.5. The summed E-state index contributed by atoms with van der Waals surface area (Å²) in [6.45, 7) is 1.95. The molecule has 12 heteroatoms. The van der Waals surface area contributed by atoms with Gasteiger partial charge in [-0.1, -0.05) is 18.2 Å². The summed E-state index contributed by atoms with van der Waals surface area (Å²) in [4.78, 5) is 22.3. The van der Waals surface area contributed by atoms with Crippen molar-refractivity contribution in [2.24, 2.45) is 0 Å². The minimum atomic E-state index is -4.72. The minimum absolute atomic E-state index is 0.118. The molecule has 1 fully saturated rings. The fraction of sp³-hybridized carbons (Fsp3) is 0.250. The Morgan fingerprint density at radius 2 is 2.06 bits per heavy atom. The maximum atomic E-state index is 12.6. The summed E-state index contributed by atoms with van der Waals surface area (Å²) in [5, 5.41) is 7.99. The number of nitrogen functional groups attached to an aromatic ring is 1. The third kappa shape index (κ3) is 4.80. The molecule has 3 N–H and O–H groups in total. The zero-order valence-electron chi connectivity index (χ0n) is 19.2. The van der Waals surface area contributed by atoms with Crippen LogP contribution >= 0.6 is 0 Å². The average Bonchev–Trinajstić information content (AvgIpc) is 3.49. The van der Waals surface area contributed by atoms with Gasteiger partial charge in [0.25, 0.3) is 0 Å². The number of alkyl halides is 3. The van der Waals surface area contributed by atoms with E-state index >= 15 is 0 Å². The van der Waals surface area contributed by atoms with Crippen molar-refractivity contribution in [3.8, 4) is 16.8 Å². The van der Waals surface area contributed by atoms with E-state index in [1.165, 1.54) is 11.2 Å². The number of hydrogen-bond acceptors (Lipinski definition) is 6. The number of aryl methyl sites for hydroxylation is 1. The van der Waals surface area contributed by atoms with Crippen molar-refractivity contribution in [1.82, 2.24) is 24.6 Å². The summed E-state index contributed by atoms with van der Waals surface area (Å²) in [6, 6.07) is 10.5. The normalized spacial score (nSPS) is 16.0. The smallest absolute Gasteiger partial charge is 0.383 e. The topological polar surface area (TPSA) is 111 Å². The molecule has 1 aliphatic rings. The molecule has 4 aromatic rings.